The van der Waals surface area contributed by atoms with Crippen molar-refractivity contribution in [1.29, 1.82) is 0 Å². The van der Waals surface area contributed by atoms with Gasteiger partial charge in [0.25, 0.3) is 0 Å². The third kappa shape index (κ3) is 5.30. The van der Waals surface area contributed by atoms with Crippen LogP contribution in [0.4, 0.5) is 5.69 Å². The molecule has 0 radical (unpaired) electrons. The molecule has 6 heteroatoms. The molecule has 6 nitrogen and oxygen atoms in total. The van der Waals surface area contributed by atoms with E-state index < -0.39 is 5.54 Å². The molecule has 5 fully saturated rings. The normalized spacial score (nSPS) is 27.4. The average molecular weight is 544 g/mol. The Morgan fingerprint density at radius 3 is 2.52 bits per heavy atom. The van der Waals surface area contributed by atoms with Crippen molar-refractivity contribution in [2.45, 2.75) is 70.9 Å². The predicted molar refractivity (Wildman–Crippen MR) is 162 cm³/mol. The Kier molecular flexibility index (Phi) is 7.93. The molecule has 3 saturated carbocycles. The van der Waals surface area contributed by atoms with E-state index >= 15 is 0 Å². The van der Waals surface area contributed by atoms with Crippen molar-refractivity contribution in [2.24, 2.45) is 23.2 Å². The number of anilines is 1. The average Bonchev–Trinajstić information content (AvgIpc) is 3.24. The lowest BCUT2D eigenvalue weighted by atomic mass is 9.45. The van der Waals surface area contributed by atoms with Gasteiger partial charge in [-0.3, -0.25) is 9.78 Å². The quantitative estimate of drug-likeness (QED) is 0.396. The van der Waals surface area contributed by atoms with Crippen molar-refractivity contribution in [2.75, 3.05) is 51.3 Å². The van der Waals surface area contributed by atoms with Crippen LogP contribution in [-0.4, -0.2) is 77.6 Å². The number of hydrogen-bond donors (Lipinski definition) is 0. The summed E-state index contributed by atoms with van der Waals surface area (Å²) in [6.45, 7) is 11.6. The Bertz CT molecular complexity index is 1130. The molecule has 2 aromatic rings. The van der Waals surface area contributed by atoms with Crippen LogP contribution in [-0.2, 0) is 11.3 Å². The SMILES string of the molecule is CN(CCCN1CN(c2ccccc2)C2(CCN(CCC3CCC4CC3C4(C)C)CC2)C1=O)Cc1cccnc1. The summed E-state index contributed by atoms with van der Waals surface area (Å²) in [5.74, 6) is 3.16. The Morgan fingerprint density at radius 2 is 1.82 bits per heavy atom. The van der Waals surface area contributed by atoms with Gasteiger partial charge in [-0.2, -0.15) is 0 Å². The summed E-state index contributed by atoms with van der Waals surface area (Å²) < 4.78 is 0. The summed E-state index contributed by atoms with van der Waals surface area (Å²) in [7, 11) is 2.16. The molecule has 3 unspecified atom stereocenters. The number of piperidine rings is 1. The summed E-state index contributed by atoms with van der Waals surface area (Å²) in [6.07, 6.45) is 12.3. The third-order valence-electron chi connectivity index (χ3n) is 11.2. The number of benzene rings is 1. The van der Waals surface area contributed by atoms with E-state index in [9.17, 15) is 4.79 Å². The molecular weight excluding hydrogens is 494 g/mol. The van der Waals surface area contributed by atoms with Crippen molar-refractivity contribution < 1.29 is 4.79 Å². The molecule has 2 aliphatic heterocycles. The molecule has 1 aromatic carbocycles. The number of likely N-dealkylation sites (tertiary alicyclic amines) is 1. The number of rotatable bonds is 10. The number of carbonyl (C=O) groups is 1. The smallest absolute Gasteiger partial charge is 0.250 e. The molecule has 216 valence electrons. The number of amides is 1. The summed E-state index contributed by atoms with van der Waals surface area (Å²) in [5, 5.41) is 0. The zero-order chi connectivity index (χ0) is 27.7. The van der Waals surface area contributed by atoms with Gasteiger partial charge in [-0.25, -0.2) is 0 Å². The van der Waals surface area contributed by atoms with E-state index in [-0.39, 0.29) is 0 Å². The first-order chi connectivity index (χ1) is 19.4. The van der Waals surface area contributed by atoms with E-state index in [1.54, 1.807) is 0 Å². The molecule has 1 amide bonds. The molecule has 7 rings (SSSR count). The summed E-state index contributed by atoms with van der Waals surface area (Å²) in [5.41, 5.74) is 2.59. The molecular formula is C34H49N5O. The van der Waals surface area contributed by atoms with Gasteiger partial charge in [-0.1, -0.05) is 38.1 Å². The maximum Gasteiger partial charge on any atom is 0.250 e. The molecule has 1 spiro atoms. The largest absolute Gasteiger partial charge is 0.339 e. The van der Waals surface area contributed by atoms with Gasteiger partial charge in [0.1, 0.15) is 5.54 Å². The molecule has 40 heavy (non-hydrogen) atoms. The van der Waals surface area contributed by atoms with Gasteiger partial charge >= 0.3 is 0 Å². The van der Waals surface area contributed by atoms with Crippen LogP contribution in [0.2, 0.25) is 0 Å². The minimum Gasteiger partial charge on any atom is -0.339 e. The lowest BCUT2D eigenvalue weighted by Crippen LogP contribution is -2.57. The van der Waals surface area contributed by atoms with Gasteiger partial charge in [-0.15, -0.1) is 0 Å². The van der Waals surface area contributed by atoms with Crippen LogP contribution in [0.5, 0.6) is 0 Å². The van der Waals surface area contributed by atoms with Crippen LogP contribution in [0, 0.1) is 23.2 Å². The number of carbonyl (C=O) groups excluding carboxylic acids is 1. The van der Waals surface area contributed by atoms with Crippen LogP contribution >= 0.6 is 0 Å². The molecule has 3 aliphatic carbocycles. The lowest BCUT2D eigenvalue weighted by molar-refractivity contribution is -0.133. The fraction of sp³-hybridized carbons (Fsp3) is 0.647. The predicted octanol–water partition coefficient (Wildman–Crippen LogP) is 5.51. The fourth-order valence-electron chi connectivity index (χ4n) is 8.59. The highest BCUT2D eigenvalue weighted by molar-refractivity contribution is 5.93. The number of nitrogens with zero attached hydrogens (tertiary/aromatic N) is 5. The van der Waals surface area contributed by atoms with Gasteiger partial charge in [-0.05, 0) is 112 Å². The Morgan fingerprint density at radius 1 is 1.02 bits per heavy atom. The molecule has 5 aliphatic rings. The maximum absolute atomic E-state index is 14.1. The first-order valence-electron chi connectivity index (χ1n) is 15.8. The Balaban J connectivity index is 1.05. The van der Waals surface area contributed by atoms with E-state index in [1.165, 1.54) is 43.5 Å². The van der Waals surface area contributed by atoms with Gasteiger partial charge < -0.3 is 19.6 Å². The van der Waals surface area contributed by atoms with Crippen molar-refractivity contribution in [1.82, 2.24) is 19.7 Å². The number of para-hydroxylation sites is 1. The van der Waals surface area contributed by atoms with E-state index in [2.05, 4.69) is 81.9 Å². The van der Waals surface area contributed by atoms with Crippen molar-refractivity contribution in [3.63, 3.8) is 0 Å². The van der Waals surface area contributed by atoms with Crippen molar-refractivity contribution >= 4 is 11.6 Å². The third-order valence-corrected chi connectivity index (χ3v) is 11.2. The second kappa shape index (κ2) is 11.4. The molecule has 1 aromatic heterocycles. The van der Waals surface area contributed by atoms with E-state index in [0.717, 1.165) is 69.7 Å². The first kappa shape index (κ1) is 27.7. The second-order valence-electron chi connectivity index (χ2n) is 13.8. The lowest BCUT2D eigenvalue weighted by Gasteiger charge is -2.60. The molecule has 2 saturated heterocycles. The highest BCUT2D eigenvalue weighted by atomic mass is 16.2. The highest BCUT2D eigenvalue weighted by Crippen LogP contribution is 2.62. The Hall–Kier alpha value is -2.44. The Labute approximate surface area is 241 Å². The van der Waals surface area contributed by atoms with E-state index in [4.69, 9.17) is 0 Å². The van der Waals surface area contributed by atoms with Crippen LogP contribution in [0.25, 0.3) is 0 Å². The number of fused-ring (bicyclic) bond motifs is 2. The van der Waals surface area contributed by atoms with Gasteiger partial charge in [0, 0.05) is 44.3 Å². The van der Waals surface area contributed by atoms with E-state index in [0.29, 0.717) is 18.0 Å². The molecule has 3 atom stereocenters. The van der Waals surface area contributed by atoms with Gasteiger partial charge in [0.15, 0.2) is 0 Å². The topological polar surface area (TPSA) is 42.9 Å². The van der Waals surface area contributed by atoms with Crippen molar-refractivity contribution in [3.8, 4) is 0 Å². The van der Waals surface area contributed by atoms with E-state index in [1.807, 2.05) is 18.5 Å². The first-order valence-corrected chi connectivity index (χ1v) is 15.8. The summed E-state index contributed by atoms with van der Waals surface area (Å²) in [6, 6.07) is 14.8. The molecule has 2 bridgehead atoms. The van der Waals surface area contributed by atoms with Gasteiger partial charge in [0.05, 0.1) is 6.67 Å². The zero-order valence-corrected chi connectivity index (χ0v) is 25.0. The van der Waals surface area contributed by atoms with Crippen LogP contribution in [0.15, 0.2) is 54.9 Å². The van der Waals surface area contributed by atoms with Crippen molar-refractivity contribution in [3.05, 3.63) is 60.4 Å². The van der Waals surface area contributed by atoms with Crippen LogP contribution in [0.3, 0.4) is 0 Å². The number of hydrogen-bond acceptors (Lipinski definition) is 5. The summed E-state index contributed by atoms with van der Waals surface area (Å²) in [4.78, 5) is 27.9. The molecule has 0 N–H and O–H groups in total. The number of pyridine rings is 1. The van der Waals surface area contributed by atoms with Crippen LogP contribution < -0.4 is 4.90 Å². The highest BCUT2D eigenvalue weighted by Gasteiger charge is 2.55. The summed E-state index contributed by atoms with van der Waals surface area (Å²) >= 11 is 0. The minimum absolute atomic E-state index is 0.348. The minimum atomic E-state index is -0.395. The monoisotopic (exact) mass is 543 g/mol. The van der Waals surface area contributed by atoms with Crippen LogP contribution in [0.1, 0.15) is 64.4 Å². The fourth-order valence-corrected chi connectivity index (χ4v) is 8.59. The van der Waals surface area contributed by atoms with Gasteiger partial charge in [0.2, 0.25) is 5.91 Å². The second-order valence-corrected chi connectivity index (χ2v) is 13.8. The zero-order valence-electron chi connectivity index (χ0n) is 25.0. The molecule has 3 heterocycles. The standard InChI is InChI=1S/C34H49N5O/c1-33(2)29-13-12-28(31(33)23-29)14-20-37-21-15-34(16-22-37)32(40)38(26-39(34)30-10-5-4-6-11-30)19-8-18-36(3)25-27-9-7-17-35-24-27/h4-7,9-11,17,24,28-29,31H,8,12-16,18-23,25-26H2,1-3H3. The number of aromatic nitrogens is 1. The maximum atomic E-state index is 14.1.